The molecule has 0 fully saturated rings. The fourth-order valence-electron chi connectivity index (χ4n) is 2.57. The molecule has 6 nitrogen and oxygen atoms in total. The fourth-order valence-corrected chi connectivity index (χ4v) is 3.42. The van der Waals surface area contributed by atoms with Gasteiger partial charge >= 0.3 is 0 Å². The number of anilines is 1. The van der Waals surface area contributed by atoms with E-state index in [0.717, 1.165) is 27.4 Å². The maximum absolute atomic E-state index is 12.3. The molecule has 0 aliphatic heterocycles. The molecule has 1 amide bonds. The van der Waals surface area contributed by atoms with Crippen molar-refractivity contribution in [2.24, 2.45) is 0 Å². The second-order valence-corrected chi connectivity index (χ2v) is 8.61. The molecule has 0 radical (unpaired) electrons. The summed E-state index contributed by atoms with van der Waals surface area (Å²) in [7, 11) is -3.58. The third-order valence-corrected chi connectivity index (χ3v) is 4.88. The number of benzene rings is 2. The lowest BCUT2D eigenvalue weighted by atomic mass is 10.2. The smallest absolute Gasteiger partial charge is 0.241 e. The highest BCUT2D eigenvalue weighted by Crippen LogP contribution is 2.19. The molecule has 2 aromatic carbocycles. The zero-order valence-corrected chi connectivity index (χ0v) is 16.9. The average Bonchev–Trinajstić information content (AvgIpc) is 2.56. The Morgan fingerprint density at radius 2 is 1.85 bits per heavy atom. The van der Waals surface area contributed by atoms with Gasteiger partial charge in [0.05, 0.1) is 18.0 Å². The van der Waals surface area contributed by atoms with Crippen LogP contribution in [0.25, 0.3) is 0 Å². The second-order valence-electron chi connectivity index (χ2n) is 6.70. The van der Waals surface area contributed by atoms with E-state index in [2.05, 4.69) is 5.32 Å². The average molecular weight is 391 g/mol. The molecule has 27 heavy (non-hydrogen) atoms. The molecule has 0 aromatic heterocycles. The van der Waals surface area contributed by atoms with Crippen LogP contribution in [0, 0.1) is 6.92 Å². The van der Waals surface area contributed by atoms with Gasteiger partial charge in [-0.1, -0.05) is 24.3 Å². The summed E-state index contributed by atoms with van der Waals surface area (Å²) in [5, 5.41) is 2.77. The van der Waals surface area contributed by atoms with Crippen molar-refractivity contribution in [1.29, 1.82) is 0 Å². The van der Waals surface area contributed by atoms with E-state index in [1.165, 1.54) is 0 Å². The predicted molar refractivity (Wildman–Crippen MR) is 107 cm³/mol. The second kappa shape index (κ2) is 8.90. The molecule has 0 aliphatic carbocycles. The molecule has 7 heteroatoms. The topological polar surface area (TPSA) is 75.7 Å². The van der Waals surface area contributed by atoms with Crippen LogP contribution in [0.15, 0.2) is 48.5 Å². The first-order valence-corrected chi connectivity index (χ1v) is 10.6. The molecule has 0 aliphatic rings. The van der Waals surface area contributed by atoms with Gasteiger partial charge in [-0.2, -0.15) is 0 Å². The Labute approximate surface area is 161 Å². The third-order valence-electron chi connectivity index (χ3n) is 3.74. The third kappa shape index (κ3) is 6.60. The molecule has 0 bridgehead atoms. The number of ether oxygens (including phenoxy) is 1. The predicted octanol–water partition coefficient (Wildman–Crippen LogP) is 2.86. The Bertz CT molecular complexity index is 894. The number of hydrogen-bond donors (Lipinski definition) is 1. The Balaban J connectivity index is 2.04. The lowest BCUT2D eigenvalue weighted by Crippen LogP contribution is -2.40. The standard InChI is InChI=1S/C20H26N2O4S/c1-15(2)26-19-10-6-8-17(12-19)13-21-20(23)14-22(27(4,24)25)18-9-5-7-16(3)11-18/h5-12,15H,13-14H2,1-4H3,(H,21,23). The summed E-state index contributed by atoms with van der Waals surface area (Å²) in [4.78, 5) is 12.3. The highest BCUT2D eigenvalue weighted by molar-refractivity contribution is 7.92. The van der Waals surface area contributed by atoms with E-state index in [4.69, 9.17) is 4.74 Å². The van der Waals surface area contributed by atoms with Crippen LogP contribution in [0.5, 0.6) is 5.75 Å². The Morgan fingerprint density at radius 1 is 1.15 bits per heavy atom. The molecule has 0 spiro atoms. The summed E-state index contributed by atoms with van der Waals surface area (Å²) in [6.07, 6.45) is 1.16. The number of carbonyl (C=O) groups is 1. The van der Waals surface area contributed by atoms with Gasteiger partial charge in [-0.25, -0.2) is 8.42 Å². The highest BCUT2D eigenvalue weighted by Gasteiger charge is 2.20. The minimum Gasteiger partial charge on any atom is -0.491 e. The molecule has 0 heterocycles. The lowest BCUT2D eigenvalue weighted by Gasteiger charge is -2.22. The van der Waals surface area contributed by atoms with Crippen molar-refractivity contribution in [1.82, 2.24) is 5.32 Å². The van der Waals surface area contributed by atoms with Crippen molar-refractivity contribution < 1.29 is 17.9 Å². The number of nitrogens with one attached hydrogen (secondary N) is 1. The molecular formula is C20H26N2O4S. The summed E-state index contributed by atoms with van der Waals surface area (Å²) in [6.45, 7) is 5.78. The van der Waals surface area contributed by atoms with Crippen molar-refractivity contribution >= 4 is 21.6 Å². The maximum Gasteiger partial charge on any atom is 0.241 e. The summed E-state index contributed by atoms with van der Waals surface area (Å²) in [5.74, 6) is 0.353. The summed E-state index contributed by atoms with van der Waals surface area (Å²) < 4.78 is 31.0. The first-order chi connectivity index (χ1) is 12.6. The van der Waals surface area contributed by atoms with Crippen LogP contribution < -0.4 is 14.4 Å². The van der Waals surface area contributed by atoms with Crippen LogP contribution in [-0.2, 0) is 21.4 Å². The summed E-state index contributed by atoms with van der Waals surface area (Å²) in [6, 6.07) is 14.5. The van der Waals surface area contributed by atoms with E-state index < -0.39 is 10.0 Å². The van der Waals surface area contributed by atoms with Gasteiger partial charge in [0.2, 0.25) is 15.9 Å². The minimum atomic E-state index is -3.58. The molecule has 2 rings (SSSR count). The number of nitrogens with zero attached hydrogens (tertiary/aromatic N) is 1. The first kappa shape index (κ1) is 20.8. The normalized spacial score (nSPS) is 11.3. The first-order valence-electron chi connectivity index (χ1n) is 8.72. The maximum atomic E-state index is 12.3. The van der Waals surface area contributed by atoms with E-state index in [-0.39, 0.29) is 18.6 Å². The molecule has 0 unspecified atom stereocenters. The van der Waals surface area contributed by atoms with Gasteiger partial charge < -0.3 is 10.1 Å². The molecule has 1 N–H and O–H groups in total. The highest BCUT2D eigenvalue weighted by atomic mass is 32.2. The Hall–Kier alpha value is -2.54. The molecular weight excluding hydrogens is 364 g/mol. The van der Waals surface area contributed by atoms with Gasteiger partial charge in [0.25, 0.3) is 0 Å². The number of aryl methyl sites for hydroxylation is 1. The van der Waals surface area contributed by atoms with Crippen LogP contribution in [-0.4, -0.2) is 33.2 Å². The van der Waals surface area contributed by atoms with Gasteiger partial charge in [0, 0.05) is 6.54 Å². The van der Waals surface area contributed by atoms with Crippen molar-refractivity contribution in [3.05, 3.63) is 59.7 Å². The molecule has 0 saturated carbocycles. The van der Waals surface area contributed by atoms with Crippen LogP contribution in [0.1, 0.15) is 25.0 Å². The van der Waals surface area contributed by atoms with Gasteiger partial charge in [-0.15, -0.1) is 0 Å². The Morgan fingerprint density at radius 3 is 2.48 bits per heavy atom. The quantitative estimate of drug-likeness (QED) is 0.752. The fraction of sp³-hybridized carbons (Fsp3) is 0.350. The zero-order chi connectivity index (χ0) is 20.0. The van der Waals surface area contributed by atoms with Crippen LogP contribution >= 0.6 is 0 Å². The van der Waals surface area contributed by atoms with Crippen LogP contribution in [0.4, 0.5) is 5.69 Å². The molecule has 0 saturated heterocycles. The largest absolute Gasteiger partial charge is 0.491 e. The van der Waals surface area contributed by atoms with Crippen molar-refractivity contribution in [2.75, 3.05) is 17.1 Å². The van der Waals surface area contributed by atoms with Gasteiger partial charge in [0.1, 0.15) is 12.3 Å². The molecule has 2 aromatic rings. The van der Waals surface area contributed by atoms with Crippen LogP contribution in [0.3, 0.4) is 0 Å². The monoisotopic (exact) mass is 390 g/mol. The zero-order valence-electron chi connectivity index (χ0n) is 16.1. The number of sulfonamides is 1. The SMILES string of the molecule is Cc1cccc(N(CC(=O)NCc2cccc(OC(C)C)c2)S(C)(=O)=O)c1. The van der Waals surface area contributed by atoms with Crippen molar-refractivity contribution in [3.63, 3.8) is 0 Å². The molecule has 146 valence electrons. The van der Waals surface area contributed by atoms with Crippen LogP contribution in [0.2, 0.25) is 0 Å². The van der Waals surface area contributed by atoms with E-state index in [0.29, 0.717) is 12.2 Å². The summed E-state index contributed by atoms with van der Waals surface area (Å²) in [5.41, 5.74) is 2.27. The van der Waals surface area contributed by atoms with Gasteiger partial charge in [-0.3, -0.25) is 9.10 Å². The number of hydrogen-bond acceptors (Lipinski definition) is 4. The van der Waals surface area contributed by atoms with Gasteiger partial charge in [-0.05, 0) is 56.2 Å². The lowest BCUT2D eigenvalue weighted by molar-refractivity contribution is -0.119. The van der Waals surface area contributed by atoms with E-state index >= 15 is 0 Å². The minimum absolute atomic E-state index is 0.0625. The van der Waals surface area contributed by atoms with E-state index in [9.17, 15) is 13.2 Å². The number of carbonyl (C=O) groups excluding carboxylic acids is 1. The van der Waals surface area contributed by atoms with Crippen molar-refractivity contribution in [2.45, 2.75) is 33.4 Å². The van der Waals surface area contributed by atoms with E-state index in [1.54, 1.807) is 18.2 Å². The van der Waals surface area contributed by atoms with Gasteiger partial charge in [0.15, 0.2) is 0 Å². The summed E-state index contributed by atoms with van der Waals surface area (Å²) >= 11 is 0. The molecule has 0 atom stereocenters. The van der Waals surface area contributed by atoms with E-state index in [1.807, 2.05) is 51.1 Å². The van der Waals surface area contributed by atoms with Crippen molar-refractivity contribution in [3.8, 4) is 5.75 Å². The Kier molecular flexibility index (Phi) is 6.85. The number of rotatable bonds is 8. The number of amides is 1.